The highest BCUT2D eigenvalue weighted by molar-refractivity contribution is 6.01. The summed E-state index contributed by atoms with van der Waals surface area (Å²) in [5, 5.41) is 8.60. The number of amides is 1. The first-order valence-electron chi connectivity index (χ1n) is 13.3. The maximum Gasteiger partial charge on any atom is 0.356 e. The molecule has 212 valence electrons. The van der Waals surface area contributed by atoms with E-state index in [9.17, 15) is 14.0 Å². The van der Waals surface area contributed by atoms with Gasteiger partial charge in [-0.15, -0.1) is 0 Å². The molecule has 2 aromatic heterocycles. The van der Waals surface area contributed by atoms with E-state index in [0.717, 1.165) is 6.07 Å². The first-order valence-corrected chi connectivity index (χ1v) is 13.3. The third kappa shape index (κ3) is 4.08. The molecule has 10 nitrogen and oxygen atoms in total. The van der Waals surface area contributed by atoms with Gasteiger partial charge in [0.15, 0.2) is 17.4 Å². The fourth-order valence-electron chi connectivity index (χ4n) is 5.77. The van der Waals surface area contributed by atoms with Crippen LogP contribution in [-0.4, -0.2) is 56.3 Å². The lowest BCUT2D eigenvalue weighted by Gasteiger charge is -2.40. The van der Waals surface area contributed by atoms with E-state index in [4.69, 9.17) is 9.37 Å². The summed E-state index contributed by atoms with van der Waals surface area (Å²) in [4.78, 5) is 34.3. The lowest BCUT2D eigenvalue weighted by atomic mass is 9.91. The molecule has 1 amide bonds. The van der Waals surface area contributed by atoms with Crippen molar-refractivity contribution in [3.05, 3.63) is 69.8 Å². The van der Waals surface area contributed by atoms with Crippen LogP contribution in [0.4, 0.5) is 14.6 Å². The highest BCUT2D eigenvalue weighted by atomic mass is 19.2. The monoisotopic (exact) mass is 562 g/mol. The topological polar surface area (TPSA) is 107 Å². The van der Waals surface area contributed by atoms with Crippen LogP contribution in [-0.2, 0) is 11.4 Å². The Morgan fingerprint density at radius 3 is 2.66 bits per heavy atom. The van der Waals surface area contributed by atoms with Gasteiger partial charge in [-0.05, 0) is 42.8 Å². The largest absolute Gasteiger partial charge is 0.486 e. The lowest BCUT2D eigenvalue weighted by molar-refractivity contribution is -0.126. The molecule has 4 aromatic rings. The number of piperazine rings is 1. The zero-order chi connectivity index (χ0) is 29.2. The number of carbonyl (C=O) groups excluding carboxylic acids is 1. The molecule has 6 rings (SSSR count). The van der Waals surface area contributed by atoms with Crippen molar-refractivity contribution >= 4 is 22.6 Å². The van der Waals surface area contributed by atoms with Crippen LogP contribution in [0.15, 0.2) is 40.3 Å². The Balaban J connectivity index is 1.67. The van der Waals surface area contributed by atoms with Crippen LogP contribution in [0.1, 0.15) is 43.5 Å². The molecule has 0 bridgehead atoms. The Morgan fingerprint density at radius 1 is 1.17 bits per heavy atom. The summed E-state index contributed by atoms with van der Waals surface area (Å²) in [5.74, 6) is -1.54. The van der Waals surface area contributed by atoms with E-state index in [0.29, 0.717) is 58.7 Å². The molecule has 0 saturated carbocycles. The number of ether oxygens (including phenoxy) is 1. The Kier molecular flexibility index (Phi) is 6.35. The molecule has 41 heavy (non-hydrogen) atoms. The van der Waals surface area contributed by atoms with Crippen molar-refractivity contribution in [1.29, 1.82) is 0 Å². The molecule has 1 atom stereocenters. The first-order chi connectivity index (χ1) is 19.6. The van der Waals surface area contributed by atoms with Crippen molar-refractivity contribution in [2.45, 2.75) is 46.3 Å². The third-order valence-corrected chi connectivity index (χ3v) is 7.75. The molecule has 0 unspecified atom stereocenters. The molecule has 12 heteroatoms. The SMILES string of the molecule is C=CC(=O)N1CCN(c2nc(=O)n(-c3nonc3C(C)C)c3c4c(c(C)cc23)-c2c(ccc(F)c2F)CO4)[C@@H](C)C1. The van der Waals surface area contributed by atoms with E-state index >= 15 is 4.39 Å². The Hall–Kier alpha value is -4.61. The molecular formula is C29H28F2N6O4. The molecule has 1 fully saturated rings. The maximum atomic E-state index is 15.3. The normalized spacial score (nSPS) is 16.5. The summed E-state index contributed by atoms with van der Waals surface area (Å²) < 4.78 is 42.3. The number of hydrogen-bond acceptors (Lipinski definition) is 8. The average Bonchev–Trinajstić information content (AvgIpc) is 3.44. The van der Waals surface area contributed by atoms with Gasteiger partial charge in [0.05, 0.1) is 0 Å². The van der Waals surface area contributed by atoms with Gasteiger partial charge >= 0.3 is 5.69 Å². The number of nitrogens with zero attached hydrogens (tertiary/aromatic N) is 6. The second-order valence-electron chi connectivity index (χ2n) is 10.7. The van der Waals surface area contributed by atoms with Crippen molar-refractivity contribution in [3.8, 4) is 22.7 Å². The Bertz CT molecular complexity index is 1800. The summed E-state index contributed by atoms with van der Waals surface area (Å²) in [6.45, 7) is 12.3. The van der Waals surface area contributed by atoms with E-state index in [2.05, 4.69) is 21.9 Å². The van der Waals surface area contributed by atoms with Crippen LogP contribution in [0.2, 0.25) is 0 Å². The zero-order valence-electron chi connectivity index (χ0n) is 23.1. The second-order valence-corrected chi connectivity index (χ2v) is 10.7. The van der Waals surface area contributed by atoms with Crippen LogP contribution >= 0.6 is 0 Å². The molecular weight excluding hydrogens is 534 g/mol. The van der Waals surface area contributed by atoms with E-state index in [1.54, 1.807) is 17.9 Å². The van der Waals surface area contributed by atoms with Crippen LogP contribution in [0.25, 0.3) is 27.8 Å². The summed E-state index contributed by atoms with van der Waals surface area (Å²) in [5.41, 5.74) is 1.60. The molecule has 4 heterocycles. The van der Waals surface area contributed by atoms with E-state index in [1.165, 1.54) is 16.7 Å². The minimum absolute atomic E-state index is 0.0310. The third-order valence-electron chi connectivity index (χ3n) is 7.75. The standard InChI is InChI=1S/C29H28F2N6O4/c1-6-20(38)35-9-10-36(16(5)12-35)27-18-11-15(4)21-22-17(7-8-19(30)23(22)31)13-40-26(21)25(18)37(29(39)32-27)28-24(14(2)3)33-41-34-28/h6-8,11,14,16H,1,9-10,12-13H2,2-5H3/t16-/m0/s1. The van der Waals surface area contributed by atoms with Crippen molar-refractivity contribution in [1.82, 2.24) is 24.8 Å². The van der Waals surface area contributed by atoms with Crippen molar-refractivity contribution in [2.24, 2.45) is 0 Å². The van der Waals surface area contributed by atoms with Gasteiger partial charge in [-0.25, -0.2) is 22.8 Å². The summed E-state index contributed by atoms with van der Waals surface area (Å²) in [6, 6.07) is 4.18. The van der Waals surface area contributed by atoms with Crippen LogP contribution in [0, 0.1) is 18.6 Å². The van der Waals surface area contributed by atoms with Gasteiger partial charge < -0.3 is 14.5 Å². The highest BCUT2D eigenvalue weighted by Crippen LogP contribution is 2.47. The quantitative estimate of drug-likeness (QED) is 0.340. The van der Waals surface area contributed by atoms with Gasteiger partial charge in [0.25, 0.3) is 0 Å². The molecule has 0 spiro atoms. The molecule has 0 N–H and O–H groups in total. The average molecular weight is 563 g/mol. The molecule has 0 aliphatic carbocycles. The number of benzene rings is 2. The minimum Gasteiger partial charge on any atom is -0.486 e. The number of carbonyl (C=O) groups is 1. The molecule has 2 aliphatic heterocycles. The van der Waals surface area contributed by atoms with E-state index < -0.39 is 17.3 Å². The number of halogens is 2. The predicted octanol–water partition coefficient (Wildman–Crippen LogP) is 4.26. The second kappa shape index (κ2) is 9.79. The van der Waals surface area contributed by atoms with Gasteiger partial charge in [-0.3, -0.25) is 4.79 Å². The number of aryl methyl sites for hydroxylation is 1. The van der Waals surface area contributed by atoms with Gasteiger partial charge in [0.2, 0.25) is 11.7 Å². The minimum atomic E-state index is -0.986. The van der Waals surface area contributed by atoms with Crippen molar-refractivity contribution in [3.63, 3.8) is 0 Å². The fourth-order valence-corrected chi connectivity index (χ4v) is 5.77. The Labute approximate surface area is 233 Å². The van der Waals surface area contributed by atoms with Crippen LogP contribution < -0.4 is 15.3 Å². The molecule has 2 aliphatic rings. The van der Waals surface area contributed by atoms with E-state index in [-0.39, 0.29) is 41.6 Å². The summed E-state index contributed by atoms with van der Waals surface area (Å²) in [7, 11) is 0. The zero-order valence-corrected chi connectivity index (χ0v) is 23.1. The van der Waals surface area contributed by atoms with Crippen molar-refractivity contribution < 1.29 is 22.9 Å². The first kappa shape index (κ1) is 26.6. The van der Waals surface area contributed by atoms with Gasteiger partial charge in [0.1, 0.15) is 23.6 Å². The molecule has 0 radical (unpaired) electrons. The fraction of sp³-hybridized carbons (Fsp3) is 0.345. The lowest BCUT2D eigenvalue weighted by Crippen LogP contribution is -2.54. The van der Waals surface area contributed by atoms with Crippen LogP contribution in [0.3, 0.4) is 0 Å². The van der Waals surface area contributed by atoms with Gasteiger partial charge in [0, 0.05) is 53.7 Å². The van der Waals surface area contributed by atoms with Crippen molar-refractivity contribution in [2.75, 3.05) is 24.5 Å². The highest BCUT2D eigenvalue weighted by Gasteiger charge is 2.34. The smallest absolute Gasteiger partial charge is 0.356 e. The van der Waals surface area contributed by atoms with Gasteiger partial charge in [-0.1, -0.05) is 31.6 Å². The predicted molar refractivity (Wildman–Crippen MR) is 147 cm³/mol. The molecule has 1 saturated heterocycles. The van der Waals surface area contributed by atoms with Gasteiger partial charge in [-0.2, -0.15) is 4.98 Å². The van der Waals surface area contributed by atoms with E-state index in [1.807, 2.05) is 25.7 Å². The number of aromatic nitrogens is 4. The Morgan fingerprint density at radius 2 is 1.95 bits per heavy atom. The number of fused-ring (bicyclic) bond motifs is 5. The summed E-state index contributed by atoms with van der Waals surface area (Å²) >= 11 is 0. The number of anilines is 1. The number of hydrogen-bond donors (Lipinski definition) is 0. The molecule has 2 aromatic carbocycles. The van der Waals surface area contributed by atoms with Crippen LogP contribution in [0.5, 0.6) is 5.75 Å². The maximum absolute atomic E-state index is 15.3. The number of rotatable bonds is 4. The summed E-state index contributed by atoms with van der Waals surface area (Å²) in [6.07, 6.45) is 1.28.